The molecular weight excluding hydrogens is 240 g/mol. The Labute approximate surface area is 109 Å². The van der Waals surface area contributed by atoms with Crippen molar-refractivity contribution in [3.63, 3.8) is 0 Å². The minimum Gasteiger partial charge on any atom is -0.384 e. The summed E-state index contributed by atoms with van der Waals surface area (Å²) in [7, 11) is 0. The molecular formula is C15H11N2S. The van der Waals surface area contributed by atoms with E-state index in [-0.39, 0.29) is 5.84 Å². The van der Waals surface area contributed by atoms with Crippen molar-refractivity contribution in [2.45, 2.75) is 0 Å². The molecule has 0 spiro atoms. The van der Waals surface area contributed by atoms with E-state index in [2.05, 4.69) is 17.5 Å². The number of nitrogens with one attached hydrogen (secondary N) is 1. The monoisotopic (exact) mass is 251 g/mol. The molecule has 2 nitrogen and oxygen atoms in total. The van der Waals surface area contributed by atoms with Crippen molar-refractivity contribution in [1.82, 2.24) is 0 Å². The van der Waals surface area contributed by atoms with Gasteiger partial charge in [-0.05, 0) is 11.6 Å². The van der Waals surface area contributed by atoms with Crippen LogP contribution < -0.4 is 5.73 Å². The predicted molar refractivity (Wildman–Crippen MR) is 77.1 cm³/mol. The Morgan fingerprint density at radius 1 is 1.06 bits per heavy atom. The number of nitrogens with two attached hydrogens (primary N) is 1. The second-order valence-electron chi connectivity index (χ2n) is 4.07. The van der Waals surface area contributed by atoms with E-state index in [0.717, 1.165) is 16.7 Å². The third-order valence-corrected chi connectivity index (χ3v) is 3.79. The lowest BCUT2D eigenvalue weighted by atomic mass is 10.0. The van der Waals surface area contributed by atoms with Crippen molar-refractivity contribution < 1.29 is 0 Å². The van der Waals surface area contributed by atoms with Gasteiger partial charge in [0.15, 0.2) is 0 Å². The second-order valence-corrected chi connectivity index (χ2v) is 4.91. The Bertz CT molecular complexity index is 711. The van der Waals surface area contributed by atoms with Gasteiger partial charge in [0, 0.05) is 21.2 Å². The molecule has 3 aromatic rings. The standard InChI is InChI=1S/C15H11N2S/c16-15(17)11-7-5-10(6-8-11)13-9-18-14-4-2-1-3-12(13)14/h1-8H,(H3,16,17). The number of fused-ring (bicyclic) bond motifs is 1. The smallest absolute Gasteiger partial charge is 0.122 e. The molecule has 0 aliphatic heterocycles. The molecule has 0 unspecified atom stereocenters. The van der Waals surface area contributed by atoms with Gasteiger partial charge >= 0.3 is 0 Å². The third kappa shape index (κ3) is 1.79. The molecule has 0 bridgehead atoms. The maximum Gasteiger partial charge on any atom is 0.122 e. The van der Waals surface area contributed by atoms with Gasteiger partial charge < -0.3 is 5.73 Å². The highest BCUT2D eigenvalue weighted by molar-refractivity contribution is 7.17. The van der Waals surface area contributed by atoms with Gasteiger partial charge in [-0.15, -0.1) is 11.3 Å². The zero-order chi connectivity index (χ0) is 12.5. The highest BCUT2D eigenvalue weighted by Gasteiger charge is 2.06. The molecule has 0 fully saturated rings. The average molecular weight is 251 g/mol. The first-order valence-corrected chi connectivity index (χ1v) is 6.41. The summed E-state index contributed by atoms with van der Waals surface area (Å²) in [5.74, 6) is 0.0979. The summed E-state index contributed by atoms with van der Waals surface area (Å²) >= 11 is 1.63. The van der Waals surface area contributed by atoms with Crippen LogP contribution >= 0.6 is 11.3 Å². The molecule has 1 radical (unpaired) electrons. The van der Waals surface area contributed by atoms with Gasteiger partial charge in [-0.3, -0.25) is 5.41 Å². The average Bonchev–Trinajstić information content (AvgIpc) is 2.82. The number of nitrogen functional groups attached to an aromatic ring is 1. The number of rotatable bonds is 2. The Balaban J connectivity index is 2.12. The summed E-state index contributed by atoms with van der Waals surface area (Å²) in [6.45, 7) is 0. The van der Waals surface area contributed by atoms with Crippen LogP contribution in [0.1, 0.15) is 5.56 Å². The summed E-state index contributed by atoms with van der Waals surface area (Å²) in [5, 5.41) is 11.9. The first kappa shape index (κ1) is 11.0. The van der Waals surface area contributed by atoms with E-state index < -0.39 is 0 Å². The Kier molecular flexibility index (Phi) is 2.61. The van der Waals surface area contributed by atoms with Gasteiger partial charge in [0.2, 0.25) is 0 Å². The summed E-state index contributed by atoms with van der Waals surface area (Å²) in [6.07, 6.45) is 0. The Morgan fingerprint density at radius 2 is 1.78 bits per heavy atom. The lowest BCUT2D eigenvalue weighted by Gasteiger charge is -2.02. The molecule has 0 atom stereocenters. The van der Waals surface area contributed by atoms with E-state index in [0.29, 0.717) is 0 Å². The third-order valence-electron chi connectivity index (χ3n) is 2.90. The van der Waals surface area contributed by atoms with E-state index in [1.165, 1.54) is 10.1 Å². The first-order valence-electron chi connectivity index (χ1n) is 5.60. The van der Waals surface area contributed by atoms with Crippen molar-refractivity contribution >= 4 is 27.3 Å². The molecule has 2 aromatic carbocycles. The SMILES string of the molecule is N=C(N)c1ccc(-c2[c]sc3ccccc23)cc1. The van der Waals surface area contributed by atoms with E-state index in [4.69, 9.17) is 11.1 Å². The normalized spacial score (nSPS) is 10.7. The number of thiophene rings is 1. The molecule has 0 saturated heterocycles. The van der Waals surface area contributed by atoms with Gasteiger partial charge in [-0.25, -0.2) is 0 Å². The van der Waals surface area contributed by atoms with Crippen LogP contribution in [-0.2, 0) is 0 Å². The van der Waals surface area contributed by atoms with Crippen molar-refractivity contribution in [1.29, 1.82) is 5.41 Å². The fourth-order valence-corrected chi connectivity index (χ4v) is 2.82. The van der Waals surface area contributed by atoms with E-state index >= 15 is 0 Å². The summed E-state index contributed by atoms with van der Waals surface area (Å²) < 4.78 is 1.24. The van der Waals surface area contributed by atoms with Crippen LogP contribution in [0.25, 0.3) is 21.2 Å². The van der Waals surface area contributed by atoms with Crippen LogP contribution in [0, 0.1) is 10.8 Å². The van der Waals surface area contributed by atoms with Gasteiger partial charge in [-0.1, -0.05) is 42.5 Å². The highest BCUT2D eigenvalue weighted by atomic mass is 32.1. The van der Waals surface area contributed by atoms with Crippen LogP contribution in [0.5, 0.6) is 0 Å². The summed E-state index contributed by atoms with van der Waals surface area (Å²) in [4.78, 5) is 0. The maximum absolute atomic E-state index is 7.38. The van der Waals surface area contributed by atoms with E-state index in [1.54, 1.807) is 11.3 Å². The van der Waals surface area contributed by atoms with Crippen molar-refractivity contribution in [3.05, 3.63) is 59.5 Å². The molecule has 0 aliphatic carbocycles. The summed E-state index contributed by atoms with van der Waals surface area (Å²) in [5.41, 5.74) is 8.42. The lowest BCUT2D eigenvalue weighted by Crippen LogP contribution is -2.10. The zero-order valence-electron chi connectivity index (χ0n) is 9.60. The summed E-state index contributed by atoms with van der Waals surface area (Å²) in [6, 6.07) is 16.0. The van der Waals surface area contributed by atoms with Crippen LogP contribution in [-0.4, -0.2) is 5.84 Å². The van der Waals surface area contributed by atoms with Crippen LogP contribution in [0.15, 0.2) is 48.5 Å². The van der Waals surface area contributed by atoms with Crippen molar-refractivity contribution in [2.24, 2.45) is 5.73 Å². The minimum atomic E-state index is 0.0979. The number of hydrogen-bond donors (Lipinski definition) is 2. The van der Waals surface area contributed by atoms with Gasteiger partial charge in [0.1, 0.15) is 5.84 Å². The van der Waals surface area contributed by atoms with Crippen LogP contribution in [0.4, 0.5) is 0 Å². The molecule has 3 N–H and O–H groups in total. The fraction of sp³-hybridized carbons (Fsp3) is 0. The fourth-order valence-electron chi connectivity index (χ4n) is 1.95. The van der Waals surface area contributed by atoms with Crippen molar-refractivity contribution in [3.8, 4) is 11.1 Å². The molecule has 18 heavy (non-hydrogen) atoms. The van der Waals surface area contributed by atoms with Gasteiger partial charge in [0.05, 0.1) is 5.38 Å². The quantitative estimate of drug-likeness (QED) is 0.530. The van der Waals surface area contributed by atoms with Gasteiger partial charge in [0.25, 0.3) is 0 Å². The maximum atomic E-state index is 7.38. The first-order chi connectivity index (χ1) is 8.75. The molecule has 0 aliphatic rings. The topological polar surface area (TPSA) is 49.9 Å². The highest BCUT2D eigenvalue weighted by Crippen LogP contribution is 2.33. The van der Waals surface area contributed by atoms with E-state index in [1.807, 2.05) is 36.4 Å². The predicted octanol–water partition coefficient (Wildman–Crippen LogP) is 3.65. The molecule has 3 heteroatoms. The molecule has 0 saturated carbocycles. The van der Waals surface area contributed by atoms with Crippen LogP contribution in [0.2, 0.25) is 0 Å². The molecule has 1 heterocycles. The zero-order valence-corrected chi connectivity index (χ0v) is 10.4. The molecule has 1 aromatic heterocycles. The molecule has 0 amide bonds. The van der Waals surface area contributed by atoms with Crippen molar-refractivity contribution in [2.75, 3.05) is 0 Å². The van der Waals surface area contributed by atoms with Gasteiger partial charge in [-0.2, -0.15) is 0 Å². The number of amidine groups is 1. The Hall–Kier alpha value is -2.13. The van der Waals surface area contributed by atoms with Crippen LogP contribution in [0.3, 0.4) is 0 Å². The molecule has 3 rings (SSSR count). The Morgan fingerprint density at radius 3 is 2.50 bits per heavy atom. The lowest BCUT2D eigenvalue weighted by molar-refractivity contribution is 1.42. The number of benzene rings is 2. The number of hydrogen-bond acceptors (Lipinski definition) is 2. The second kappa shape index (κ2) is 4.27. The largest absolute Gasteiger partial charge is 0.384 e. The minimum absolute atomic E-state index is 0.0979. The van der Waals surface area contributed by atoms with E-state index in [9.17, 15) is 0 Å². The molecule has 87 valence electrons.